The molecule has 18 nitrogen and oxygen atoms in total. The summed E-state index contributed by atoms with van der Waals surface area (Å²) < 4.78 is 108. The van der Waals surface area contributed by atoms with E-state index in [9.17, 15) is 0 Å². The van der Waals surface area contributed by atoms with Crippen molar-refractivity contribution in [3.8, 4) is 17.2 Å². The maximum absolute atomic E-state index is 6.31. The number of fused-ring (bicyclic) bond motifs is 1. The zero-order chi connectivity index (χ0) is 90.9. The summed E-state index contributed by atoms with van der Waals surface area (Å²) in [5.74, 6) is 2.31. The van der Waals surface area contributed by atoms with Crippen molar-refractivity contribution in [1.29, 1.82) is 0 Å². The Morgan fingerprint density at radius 1 is 0.238 bits per heavy atom. The SMILES string of the molecule is CCc1ccc(C(c2ccc(OCCOCCOCC3=CS/C(=C4\SC=C(OCCOCCOc5cccc6c(OCCOCCOCc7ccc(C(c8ccc(COCCOCCOC)cc8)(c8ccc(COCCOCCOC)cc8)c8ccc(COCCOCCOC)cc8)cc7)cccc56)S4)S3)cc2)(c2ccc(C(C)(C)C)cc2)c2ccc(C(C)(C)C)cc2)cc1. The number of ether oxygens (including phenoxy) is 18. The Hall–Kier alpha value is -8.28. The standard InChI is InChI=1S/C108H130O18S4/c1-11-81-18-28-88(29-19-81)108(93-42-38-86(39-43-93)105(2,3)4,94-44-40-87(41-45-94)106(5,6)7)95-46-48-96(49-47-95)123-70-66-115-60-65-122-78-97-79-127-103(129-97)104-128-80-102(130-104)126-73-69-117-68-72-125-101-17-13-14-98-99(101)15-12-16-100(98)124-71-67-116-59-64-121-77-85-26-36-92(37-27-85)107(89-30-20-82(21-31-89)74-118-61-56-112-53-50-109-8,90-32-22-83(23-33-90)75-119-62-57-113-54-51-110-9)91-34-24-84(25-35-91)76-120-63-58-114-55-52-111-10/h12-49,79-80H,11,50-78H2,1-10H3/b104-103-. The Bertz CT molecular complexity index is 4850. The fourth-order valence-electron chi connectivity index (χ4n) is 15.4. The summed E-state index contributed by atoms with van der Waals surface area (Å²) in [5, 5.41) is 7.01. The molecule has 0 amide bonds. The van der Waals surface area contributed by atoms with Crippen molar-refractivity contribution in [2.75, 3.05) is 187 Å². The van der Waals surface area contributed by atoms with E-state index in [0.717, 1.165) is 84.0 Å². The Morgan fingerprint density at radius 2 is 0.508 bits per heavy atom. The molecule has 0 unspecified atom stereocenters. The molecule has 0 bridgehead atoms. The molecule has 22 heteroatoms. The van der Waals surface area contributed by atoms with Crippen LogP contribution in [0.1, 0.15) is 132 Å². The van der Waals surface area contributed by atoms with Crippen LogP contribution in [0, 0.1) is 0 Å². The second kappa shape index (κ2) is 53.6. The Morgan fingerprint density at radius 3 is 0.846 bits per heavy atom. The number of benzene rings is 10. The van der Waals surface area contributed by atoms with Gasteiger partial charge in [0.1, 0.15) is 43.7 Å². The first kappa shape index (κ1) is 101. The van der Waals surface area contributed by atoms with Gasteiger partial charge in [-0.1, -0.05) is 290 Å². The predicted molar refractivity (Wildman–Crippen MR) is 526 cm³/mol. The van der Waals surface area contributed by atoms with E-state index >= 15 is 0 Å². The molecule has 0 saturated carbocycles. The molecule has 0 spiro atoms. The van der Waals surface area contributed by atoms with Gasteiger partial charge >= 0.3 is 0 Å². The summed E-state index contributed by atoms with van der Waals surface area (Å²) in [5.41, 5.74) is 16.1. The number of hydrogen-bond acceptors (Lipinski definition) is 22. The smallest absolute Gasteiger partial charge is 0.165 e. The second-order valence-corrected chi connectivity index (χ2v) is 37.9. The van der Waals surface area contributed by atoms with Gasteiger partial charge < -0.3 is 85.3 Å². The molecule has 694 valence electrons. The van der Waals surface area contributed by atoms with Crippen LogP contribution in [0.5, 0.6) is 17.2 Å². The van der Waals surface area contributed by atoms with Crippen LogP contribution in [-0.4, -0.2) is 187 Å². The fourth-order valence-corrected chi connectivity index (χ4v) is 20.0. The van der Waals surface area contributed by atoms with Crippen LogP contribution in [-0.2, 0) is 126 Å². The molecule has 10 aromatic rings. The van der Waals surface area contributed by atoms with Gasteiger partial charge in [-0.3, -0.25) is 0 Å². The lowest BCUT2D eigenvalue weighted by atomic mass is 9.64. The highest BCUT2D eigenvalue weighted by Crippen LogP contribution is 2.56. The molecule has 2 heterocycles. The summed E-state index contributed by atoms with van der Waals surface area (Å²) in [6.07, 6.45) is 0.979. The summed E-state index contributed by atoms with van der Waals surface area (Å²) in [6, 6.07) is 83.4. The first-order chi connectivity index (χ1) is 63.6. The Labute approximate surface area is 787 Å². The largest absolute Gasteiger partial charge is 0.491 e. The molecule has 10 aromatic carbocycles. The number of aryl methyl sites for hydroxylation is 1. The average Bonchev–Trinajstić information content (AvgIpc) is 0.778. The van der Waals surface area contributed by atoms with Crippen LogP contribution < -0.4 is 14.2 Å². The maximum Gasteiger partial charge on any atom is 0.165 e. The highest BCUT2D eigenvalue weighted by Gasteiger charge is 2.41. The Balaban J connectivity index is 0.544. The van der Waals surface area contributed by atoms with Crippen molar-refractivity contribution in [2.45, 2.75) is 103 Å². The topological polar surface area (TPSA) is 166 Å². The van der Waals surface area contributed by atoms with E-state index in [4.69, 9.17) is 85.3 Å². The quantitative estimate of drug-likeness (QED) is 0.0261. The van der Waals surface area contributed by atoms with Gasteiger partial charge in [0.2, 0.25) is 0 Å². The normalized spacial score (nSPS) is 13.8. The van der Waals surface area contributed by atoms with Crippen LogP contribution >= 0.6 is 47.0 Å². The number of hydrogen-bond donors (Lipinski definition) is 0. The summed E-state index contributed by atoms with van der Waals surface area (Å²) in [4.78, 5) is 1.17. The molecule has 0 aromatic heterocycles. The molecule has 2 aliphatic rings. The molecule has 12 rings (SSSR count). The van der Waals surface area contributed by atoms with Crippen molar-refractivity contribution < 1.29 is 85.3 Å². The van der Waals surface area contributed by atoms with E-state index in [0.29, 0.717) is 192 Å². The number of thioether (sulfide) groups is 4. The van der Waals surface area contributed by atoms with Crippen molar-refractivity contribution in [3.63, 3.8) is 0 Å². The third kappa shape index (κ3) is 29.6. The van der Waals surface area contributed by atoms with Crippen LogP contribution in [0.15, 0.2) is 260 Å². The molecule has 0 N–H and O–H groups in total. The van der Waals surface area contributed by atoms with Gasteiger partial charge in [-0.15, -0.1) is 0 Å². The number of rotatable bonds is 59. The van der Waals surface area contributed by atoms with Crippen LogP contribution in [0.4, 0.5) is 0 Å². The summed E-state index contributed by atoms with van der Waals surface area (Å²) in [7, 11) is 5.00. The summed E-state index contributed by atoms with van der Waals surface area (Å²) >= 11 is 6.82. The highest BCUT2D eigenvalue weighted by molar-refractivity contribution is 8.33. The van der Waals surface area contributed by atoms with E-state index in [1.165, 1.54) is 52.3 Å². The predicted octanol–water partition coefficient (Wildman–Crippen LogP) is 22.2. The van der Waals surface area contributed by atoms with Gasteiger partial charge in [0.15, 0.2) is 5.09 Å². The minimum atomic E-state index is -0.750. The van der Waals surface area contributed by atoms with Crippen LogP contribution in [0.3, 0.4) is 0 Å². The molecular weight excluding hydrogens is 1710 g/mol. The lowest BCUT2D eigenvalue weighted by molar-refractivity contribution is 0.0199. The Kier molecular flexibility index (Phi) is 41.5. The molecule has 0 fully saturated rings. The third-order valence-corrected chi connectivity index (χ3v) is 27.6. The van der Waals surface area contributed by atoms with E-state index < -0.39 is 10.8 Å². The van der Waals surface area contributed by atoms with Gasteiger partial charge in [0.25, 0.3) is 0 Å². The lowest BCUT2D eigenvalue weighted by Gasteiger charge is -2.38. The fraction of sp³-hybridized carbons (Fsp3) is 0.407. The van der Waals surface area contributed by atoms with E-state index in [1.807, 2.05) is 36.4 Å². The molecule has 2 aliphatic heterocycles. The zero-order valence-electron chi connectivity index (χ0n) is 77.3. The van der Waals surface area contributed by atoms with Crippen LogP contribution in [0.25, 0.3) is 10.8 Å². The van der Waals surface area contributed by atoms with Gasteiger partial charge in [-0.2, -0.15) is 0 Å². The van der Waals surface area contributed by atoms with Gasteiger partial charge in [-0.05, 0) is 142 Å². The van der Waals surface area contributed by atoms with Crippen LogP contribution in [0.2, 0.25) is 0 Å². The molecule has 130 heavy (non-hydrogen) atoms. The third-order valence-electron chi connectivity index (χ3n) is 22.4. The zero-order valence-corrected chi connectivity index (χ0v) is 80.6. The molecular formula is C108H130O18S4. The summed E-state index contributed by atoms with van der Waals surface area (Å²) in [6.45, 7) is 29.3. The van der Waals surface area contributed by atoms with Crippen molar-refractivity contribution in [2.24, 2.45) is 0 Å². The van der Waals surface area contributed by atoms with E-state index in [-0.39, 0.29) is 10.8 Å². The molecule has 0 radical (unpaired) electrons. The van der Waals surface area contributed by atoms with Gasteiger partial charge in [-0.25, -0.2) is 0 Å². The monoisotopic (exact) mass is 1840 g/mol. The second-order valence-electron chi connectivity index (χ2n) is 33.5. The molecule has 0 saturated heterocycles. The lowest BCUT2D eigenvalue weighted by Crippen LogP contribution is -2.31. The minimum absolute atomic E-state index is 0.0286. The van der Waals surface area contributed by atoms with Gasteiger partial charge in [0, 0.05) is 42.4 Å². The van der Waals surface area contributed by atoms with E-state index in [2.05, 4.69) is 253 Å². The number of methoxy groups -OCH3 is 3. The van der Waals surface area contributed by atoms with Crippen molar-refractivity contribution in [1.82, 2.24) is 0 Å². The first-order valence-electron chi connectivity index (χ1n) is 45.1. The minimum Gasteiger partial charge on any atom is -0.491 e. The first-order valence-corrected chi connectivity index (χ1v) is 48.5. The van der Waals surface area contributed by atoms with Gasteiger partial charge in [0.05, 0.1) is 184 Å². The molecule has 0 atom stereocenters. The molecule has 0 aliphatic carbocycles. The average molecular weight is 1840 g/mol. The van der Waals surface area contributed by atoms with Crippen molar-refractivity contribution >= 4 is 57.8 Å². The maximum atomic E-state index is 6.31. The van der Waals surface area contributed by atoms with Crippen molar-refractivity contribution in [3.05, 3.63) is 343 Å². The highest BCUT2D eigenvalue weighted by atomic mass is 32.2. The van der Waals surface area contributed by atoms with E-state index in [1.54, 1.807) is 68.4 Å².